The maximum absolute atomic E-state index is 13.9. The molecule has 1 unspecified atom stereocenters. The first-order valence-electron chi connectivity index (χ1n) is 7.28. The number of carbonyl (C=O) groups is 1. The van der Waals surface area contributed by atoms with Gasteiger partial charge in [0.25, 0.3) is 5.91 Å². The number of hydrogen-bond acceptors (Lipinski definition) is 3. The van der Waals surface area contributed by atoms with Crippen molar-refractivity contribution >= 4 is 5.91 Å². The Labute approximate surface area is 128 Å². The highest BCUT2D eigenvalue weighted by Crippen LogP contribution is 2.19. The second-order valence-electron chi connectivity index (χ2n) is 5.43. The van der Waals surface area contributed by atoms with Crippen molar-refractivity contribution in [2.75, 3.05) is 19.8 Å². The molecule has 0 bridgehead atoms. The van der Waals surface area contributed by atoms with Crippen LogP contribution in [0.5, 0.6) is 0 Å². The van der Waals surface area contributed by atoms with Crippen LogP contribution in [0.25, 0.3) is 5.69 Å². The minimum absolute atomic E-state index is 0.0254. The molecule has 6 heteroatoms. The van der Waals surface area contributed by atoms with Gasteiger partial charge in [0.1, 0.15) is 11.5 Å². The molecule has 1 aliphatic rings. The van der Waals surface area contributed by atoms with E-state index in [1.807, 2.05) is 6.92 Å². The molecule has 0 aliphatic carbocycles. The maximum Gasteiger partial charge on any atom is 0.257 e. The highest BCUT2D eigenvalue weighted by molar-refractivity contribution is 5.95. The summed E-state index contributed by atoms with van der Waals surface area (Å²) in [5.41, 5.74) is 1.47. The Morgan fingerprint density at radius 3 is 2.91 bits per heavy atom. The third-order valence-electron chi connectivity index (χ3n) is 3.95. The average molecular weight is 303 g/mol. The number of ether oxygens (including phenoxy) is 1. The van der Waals surface area contributed by atoms with E-state index in [2.05, 4.69) is 5.10 Å². The van der Waals surface area contributed by atoms with Crippen LogP contribution in [0.4, 0.5) is 4.39 Å². The summed E-state index contributed by atoms with van der Waals surface area (Å²) in [7, 11) is 0. The summed E-state index contributed by atoms with van der Waals surface area (Å²) in [6.07, 6.45) is 1.51. The normalized spacial score (nSPS) is 18.5. The lowest BCUT2D eigenvalue weighted by Gasteiger charge is -2.33. The van der Waals surface area contributed by atoms with Crippen LogP contribution in [0.3, 0.4) is 0 Å². The van der Waals surface area contributed by atoms with E-state index in [4.69, 9.17) is 4.74 Å². The van der Waals surface area contributed by atoms with Crippen LogP contribution >= 0.6 is 0 Å². The zero-order valence-electron chi connectivity index (χ0n) is 12.6. The summed E-state index contributed by atoms with van der Waals surface area (Å²) in [4.78, 5) is 14.5. The van der Waals surface area contributed by atoms with Crippen LogP contribution < -0.4 is 0 Å². The molecule has 3 rings (SSSR count). The Balaban J connectivity index is 1.94. The van der Waals surface area contributed by atoms with Crippen LogP contribution in [0.2, 0.25) is 0 Å². The molecule has 1 aliphatic heterocycles. The molecule has 1 aromatic heterocycles. The second kappa shape index (κ2) is 5.88. The summed E-state index contributed by atoms with van der Waals surface area (Å²) >= 11 is 0. The largest absolute Gasteiger partial charge is 0.377 e. The van der Waals surface area contributed by atoms with E-state index in [-0.39, 0.29) is 17.8 Å². The molecule has 116 valence electrons. The molecular formula is C16H18FN3O2. The molecule has 2 heterocycles. The highest BCUT2D eigenvalue weighted by atomic mass is 19.1. The first kappa shape index (κ1) is 14.7. The molecule has 0 N–H and O–H groups in total. The summed E-state index contributed by atoms with van der Waals surface area (Å²) in [5, 5.41) is 4.19. The summed E-state index contributed by atoms with van der Waals surface area (Å²) in [6.45, 7) is 5.36. The van der Waals surface area contributed by atoms with Gasteiger partial charge in [0.2, 0.25) is 0 Å². The van der Waals surface area contributed by atoms with Crippen molar-refractivity contribution in [1.82, 2.24) is 14.7 Å². The van der Waals surface area contributed by atoms with Gasteiger partial charge in [0.05, 0.1) is 36.7 Å². The Morgan fingerprint density at radius 1 is 1.41 bits per heavy atom. The second-order valence-corrected chi connectivity index (χ2v) is 5.43. The van der Waals surface area contributed by atoms with Crippen LogP contribution in [0.1, 0.15) is 23.0 Å². The monoisotopic (exact) mass is 303 g/mol. The van der Waals surface area contributed by atoms with Crippen molar-refractivity contribution in [2.45, 2.75) is 19.9 Å². The molecule has 1 atom stereocenters. The van der Waals surface area contributed by atoms with Gasteiger partial charge in [-0.05, 0) is 26.0 Å². The molecule has 0 saturated carbocycles. The molecule has 22 heavy (non-hydrogen) atoms. The first-order valence-corrected chi connectivity index (χ1v) is 7.28. The van der Waals surface area contributed by atoms with Gasteiger partial charge in [0.15, 0.2) is 0 Å². The number of carbonyl (C=O) groups excluding carboxylic acids is 1. The Kier molecular flexibility index (Phi) is 3.94. The van der Waals surface area contributed by atoms with Gasteiger partial charge in [-0.15, -0.1) is 0 Å². The third-order valence-corrected chi connectivity index (χ3v) is 3.95. The van der Waals surface area contributed by atoms with Crippen molar-refractivity contribution in [3.05, 3.63) is 47.5 Å². The van der Waals surface area contributed by atoms with Crippen molar-refractivity contribution in [1.29, 1.82) is 0 Å². The molecular weight excluding hydrogens is 285 g/mol. The topological polar surface area (TPSA) is 47.4 Å². The van der Waals surface area contributed by atoms with Gasteiger partial charge in [0, 0.05) is 6.54 Å². The fraction of sp³-hybridized carbons (Fsp3) is 0.375. The lowest BCUT2D eigenvalue weighted by molar-refractivity contribution is 0.00355. The maximum atomic E-state index is 13.9. The quantitative estimate of drug-likeness (QED) is 0.854. The summed E-state index contributed by atoms with van der Waals surface area (Å²) in [6, 6.07) is 6.41. The predicted octanol–water partition coefficient (Wildman–Crippen LogP) is 2.18. The van der Waals surface area contributed by atoms with E-state index in [9.17, 15) is 9.18 Å². The van der Waals surface area contributed by atoms with E-state index >= 15 is 0 Å². The van der Waals surface area contributed by atoms with Crippen LogP contribution in [0, 0.1) is 12.7 Å². The molecule has 0 radical (unpaired) electrons. The van der Waals surface area contributed by atoms with Gasteiger partial charge < -0.3 is 9.64 Å². The smallest absolute Gasteiger partial charge is 0.257 e. The highest BCUT2D eigenvalue weighted by Gasteiger charge is 2.27. The van der Waals surface area contributed by atoms with E-state index < -0.39 is 0 Å². The van der Waals surface area contributed by atoms with Crippen molar-refractivity contribution in [2.24, 2.45) is 0 Å². The number of halogens is 1. The molecule has 1 saturated heterocycles. The van der Waals surface area contributed by atoms with Crippen LogP contribution in [-0.4, -0.2) is 46.4 Å². The van der Waals surface area contributed by atoms with Gasteiger partial charge in [-0.1, -0.05) is 12.1 Å². The first-order chi connectivity index (χ1) is 10.6. The molecule has 1 amide bonds. The molecule has 0 spiro atoms. The van der Waals surface area contributed by atoms with E-state index in [0.29, 0.717) is 36.7 Å². The molecule has 2 aromatic rings. The average Bonchev–Trinajstić information content (AvgIpc) is 2.89. The van der Waals surface area contributed by atoms with E-state index in [0.717, 1.165) is 0 Å². The van der Waals surface area contributed by atoms with Crippen molar-refractivity contribution in [3.8, 4) is 5.69 Å². The van der Waals surface area contributed by atoms with Gasteiger partial charge in [-0.2, -0.15) is 5.10 Å². The standard InChI is InChI=1S/C16H18FN3O2/c1-11-10-22-8-7-19(11)16(21)13-9-18-20(12(13)2)15-6-4-3-5-14(15)17/h3-6,9,11H,7-8,10H2,1-2H3. The summed E-state index contributed by atoms with van der Waals surface area (Å²) in [5.74, 6) is -0.455. The lowest BCUT2D eigenvalue weighted by Crippen LogP contribution is -2.47. The van der Waals surface area contributed by atoms with Crippen molar-refractivity contribution in [3.63, 3.8) is 0 Å². The van der Waals surface area contributed by atoms with E-state index in [1.165, 1.54) is 16.9 Å². The van der Waals surface area contributed by atoms with Crippen molar-refractivity contribution < 1.29 is 13.9 Å². The Hall–Kier alpha value is -2.21. The SMILES string of the molecule is Cc1c(C(=O)N2CCOCC2C)cnn1-c1ccccc1F. The zero-order chi connectivity index (χ0) is 15.7. The molecule has 1 aromatic carbocycles. The third kappa shape index (κ3) is 2.50. The number of aromatic nitrogens is 2. The molecule has 1 fully saturated rings. The number of benzene rings is 1. The van der Waals surface area contributed by atoms with Crippen LogP contribution in [-0.2, 0) is 4.74 Å². The minimum atomic E-state index is -0.368. The van der Waals surface area contributed by atoms with Crippen LogP contribution in [0.15, 0.2) is 30.5 Å². The number of morpholine rings is 1. The fourth-order valence-corrected chi connectivity index (χ4v) is 2.67. The van der Waals surface area contributed by atoms with Gasteiger partial charge in [-0.25, -0.2) is 9.07 Å². The minimum Gasteiger partial charge on any atom is -0.377 e. The summed E-state index contributed by atoms with van der Waals surface area (Å²) < 4.78 is 20.7. The number of rotatable bonds is 2. The predicted molar refractivity (Wildman–Crippen MR) is 79.6 cm³/mol. The fourth-order valence-electron chi connectivity index (χ4n) is 2.67. The van der Waals surface area contributed by atoms with Gasteiger partial charge >= 0.3 is 0 Å². The Bertz CT molecular complexity index is 698. The molecule has 5 nitrogen and oxygen atoms in total. The van der Waals surface area contributed by atoms with E-state index in [1.54, 1.807) is 30.0 Å². The van der Waals surface area contributed by atoms with Gasteiger partial charge in [-0.3, -0.25) is 4.79 Å². The zero-order valence-corrected chi connectivity index (χ0v) is 12.6. The number of hydrogen-bond donors (Lipinski definition) is 0. The Morgan fingerprint density at radius 2 is 2.18 bits per heavy atom. The number of para-hydroxylation sites is 1. The lowest BCUT2D eigenvalue weighted by atomic mass is 10.1. The number of nitrogens with zero attached hydrogens (tertiary/aromatic N) is 3. The number of amides is 1.